The lowest BCUT2D eigenvalue weighted by Crippen LogP contribution is -2.52. The molecular formula is C24H34IN5O. The number of halogens is 1. The lowest BCUT2D eigenvalue weighted by molar-refractivity contribution is 0.0955. The van der Waals surface area contributed by atoms with Gasteiger partial charge in [-0.3, -0.25) is 9.69 Å². The van der Waals surface area contributed by atoms with Crippen LogP contribution in [-0.4, -0.2) is 60.9 Å². The molecule has 0 spiro atoms. The Morgan fingerprint density at radius 3 is 2.26 bits per heavy atom. The molecule has 1 aliphatic heterocycles. The van der Waals surface area contributed by atoms with E-state index >= 15 is 0 Å². The molecule has 31 heavy (non-hydrogen) atoms. The Kier molecular flexibility index (Phi) is 10.8. The van der Waals surface area contributed by atoms with Crippen LogP contribution in [0.4, 0.5) is 0 Å². The van der Waals surface area contributed by atoms with Crippen LogP contribution in [0, 0.1) is 0 Å². The number of amides is 1. The minimum atomic E-state index is -0.0372. The number of hydrogen-bond acceptors (Lipinski definition) is 3. The fourth-order valence-corrected chi connectivity index (χ4v) is 3.62. The van der Waals surface area contributed by atoms with E-state index in [1.54, 1.807) is 0 Å². The molecule has 3 rings (SSSR count). The van der Waals surface area contributed by atoms with Crippen molar-refractivity contribution in [2.24, 2.45) is 4.99 Å². The number of hydrogen-bond donors (Lipinski definition) is 2. The van der Waals surface area contributed by atoms with Crippen molar-refractivity contribution >= 4 is 35.8 Å². The second kappa shape index (κ2) is 13.3. The highest BCUT2D eigenvalue weighted by Gasteiger charge is 2.19. The largest absolute Gasteiger partial charge is 0.357 e. The van der Waals surface area contributed by atoms with Crippen molar-refractivity contribution < 1.29 is 4.79 Å². The van der Waals surface area contributed by atoms with E-state index in [4.69, 9.17) is 4.99 Å². The van der Waals surface area contributed by atoms with Crippen LogP contribution >= 0.6 is 24.0 Å². The number of carbonyl (C=O) groups is 1. The highest BCUT2D eigenvalue weighted by atomic mass is 127. The zero-order chi connectivity index (χ0) is 21.2. The smallest absolute Gasteiger partial charge is 0.251 e. The molecule has 0 unspecified atom stereocenters. The average Bonchev–Trinajstić information content (AvgIpc) is 2.78. The summed E-state index contributed by atoms with van der Waals surface area (Å²) in [4.78, 5) is 21.7. The maximum atomic E-state index is 12.1. The summed E-state index contributed by atoms with van der Waals surface area (Å²) in [6.45, 7) is 11.0. The summed E-state index contributed by atoms with van der Waals surface area (Å²) >= 11 is 0. The van der Waals surface area contributed by atoms with E-state index in [2.05, 4.69) is 57.7 Å². The first-order valence-electron chi connectivity index (χ1n) is 10.9. The standard InChI is InChI=1S/C24H33N5O.HI/c1-3-25-23(30)22-12-8-11-21(17-22)18-27-24(26-4-2)29-15-13-28(14-16-29)19-20-9-6-5-7-10-20;/h5-12,17H,3-4,13-16,18-19H2,1-2H3,(H,25,30)(H,26,27);1H. The molecule has 0 bridgehead atoms. The molecule has 1 heterocycles. The maximum Gasteiger partial charge on any atom is 0.251 e. The van der Waals surface area contributed by atoms with Gasteiger partial charge in [-0.05, 0) is 37.1 Å². The number of nitrogens with one attached hydrogen (secondary N) is 2. The van der Waals surface area contributed by atoms with Gasteiger partial charge in [0.1, 0.15) is 0 Å². The number of piperazine rings is 1. The van der Waals surface area contributed by atoms with Gasteiger partial charge in [0.25, 0.3) is 5.91 Å². The zero-order valence-corrected chi connectivity index (χ0v) is 20.8. The van der Waals surface area contributed by atoms with Crippen molar-refractivity contribution in [1.29, 1.82) is 0 Å². The third-order valence-electron chi connectivity index (χ3n) is 5.19. The monoisotopic (exact) mass is 535 g/mol. The summed E-state index contributed by atoms with van der Waals surface area (Å²) < 4.78 is 0. The number of guanidine groups is 1. The Morgan fingerprint density at radius 2 is 1.58 bits per heavy atom. The van der Waals surface area contributed by atoms with E-state index in [9.17, 15) is 4.79 Å². The first kappa shape index (κ1) is 25.1. The quantitative estimate of drug-likeness (QED) is 0.325. The fourth-order valence-electron chi connectivity index (χ4n) is 3.62. The Bertz CT molecular complexity index is 835. The van der Waals surface area contributed by atoms with Crippen LogP contribution in [0.25, 0.3) is 0 Å². The van der Waals surface area contributed by atoms with Crippen molar-refractivity contribution in [2.45, 2.75) is 26.9 Å². The molecule has 1 saturated heterocycles. The summed E-state index contributed by atoms with van der Waals surface area (Å²) in [5.41, 5.74) is 3.08. The lowest BCUT2D eigenvalue weighted by atomic mass is 10.1. The van der Waals surface area contributed by atoms with Crippen molar-refractivity contribution in [3.05, 3.63) is 71.3 Å². The van der Waals surface area contributed by atoms with E-state index in [-0.39, 0.29) is 29.9 Å². The highest BCUT2D eigenvalue weighted by molar-refractivity contribution is 14.0. The zero-order valence-electron chi connectivity index (χ0n) is 18.5. The second-order valence-electron chi connectivity index (χ2n) is 7.48. The first-order chi connectivity index (χ1) is 14.7. The molecule has 1 aliphatic rings. The summed E-state index contributed by atoms with van der Waals surface area (Å²) in [5, 5.41) is 6.27. The van der Waals surface area contributed by atoms with E-state index in [1.807, 2.05) is 31.2 Å². The van der Waals surface area contributed by atoms with Gasteiger partial charge < -0.3 is 15.5 Å². The van der Waals surface area contributed by atoms with Gasteiger partial charge in [0, 0.05) is 51.4 Å². The van der Waals surface area contributed by atoms with Crippen LogP contribution in [0.1, 0.15) is 35.3 Å². The Balaban J connectivity index is 0.00000341. The predicted octanol–water partition coefficient (Wildman–Crippen LogP) is 3.34. The average molecular weight is 535 g/mol. The van der Waals surface area contributed by atoms with Crippen LogP contribution in [0.15, 0.2) is 59.6 Å². The molecule has 1 amide bonds. The number of carbonyl (C=O) groups excluding carboxylic acids is 1. The Labute approximate surface area is 203 Å². The molecule has 0 atom stereocenters. The van der Waals surface area contributed by atoms with Crippen LogP contribution in [-0.2, 0) is 13.1 Å². The highest BCUT2D eigenvalue weighted by Crippen LogP contribution is 2.10. The normalized spacial score (nSPS) is 14.6. The van der Waals surface area contributed by atoms with Crippen molar-refractivity contribution in [2.75, 3.05) is 39.3 Å². The molecule has 0 aromatic heterocycles. The number of nitrogens with zero attached hydrogens (tertiary/aromatic N) is 3. The van der Waals surface area contributed by atoms with E-state index < -0.39 is 0 Å². The summed E-state index contributed by atoms with van der Waals surface area (Å²) in [7, 11) is 0. The minimum Gasteiger partial charge on any atom is -0.357 e. The van der Waals surface area contributed by atoms with Crippen LogP contribution in [0.2, 0.25) is 0 Å². The Hall–Kier alpha value is -2.13. The van der Waals surface area contributed by atoms with Gasteiger partial charge in [0.2, 0.25) is 0 Å². The molecule has 0 aliphatic carbocycles. The molecule has 0 saturated carbocycles. The van der Waals surface area contributed by atoms with Gasteiger partial charge in [0.15, 0.2) is 5.96 Å². The molecule has 0 radical (unpaired) electrons. The number of aliphatic imine (C=N–C) groups is 1. The summed E-state index contributed by atoms with van der Waals surface area (Å²) in [6, 6.07) is 18.3. The molecule has 2 N–H and O–H groups in total. The fraction of sp³-hybridized carbons (Fsp3) is 0.417. The second-order valence-corrected chi connectivity index (χ2v) is 7.48. The van der Waals surface area contributed by atoms with Gasteiger partial charge in [-0.25, -0.2) is 4.99 Å². The SMILES string of the molecule is CCNC(=O)c1cccc(CN=C(NCC)N2CCN(Cc3ccccc3)CC2)c1.I. The third kappa shape index (κ3) is 7.81. The van der Waals surface area contributed by atoms with Gasteiger partial charge in [-0.15, -0.1) is 24.0 Å². The third-order valence-corrected chi connectivity index (χ3v) is 5.19. The first-order valence-corrected chi connectivity index (χ1v) is 10.9. The molecule has 7 heteroatoms. The van der Waals surface area contributed by atoms with Gasteiger partial charge in [-0.1, -0.05) is 42.5 Å². The maximum absolute atomic E-state index is 12.1. The Morgan fingerprint density at radius 1 is 0.903 bits per heavy atom. The molecule has 2 aromatic carbocycles. The van der Waals surface area contributed by atoms with Crippen molar-refractivity contribution in [3.63, 3.8) is 0 Å². The van der Waals surface area contributed by atoms with Gasteiger partial charge in [0.05, 0.1) is 6.54 Å². The topological polar surface area (TPSA) is 60.0 Å². The number of benzene rings is 2. The molecule has 1 fully saturated rings. The van der Waals surface area contributed by atoms with E-state index in [0.717, 1.165) is 50.8 Å². The molecule has 2 aromatic rings. The predicted molar refractivity (Wildman–Crippen MR) is 138 cm³/mol. The van der Waals surface area contributed by atoms with E-state index in [0.29, 0.717) is 18.7 Å². The lowest BCUT2D eigenvalue weighted by Gasteiger charge is -2.36. The van der Waals surface area contributed by atoms with Crippen molar-refractivity contribution in [1.82, 2.24) is 20.4 Å². The van der Waals surface area contributed by atoms with E-state index in [1.165, 1.54) is 5.56 Å². The number of rotatable bonds is 7. The minimum absolute atomic E-state index is 0. The van der Waals surface area contributed by atoms with Gasteiger partial charge in [-0.2, -0.15) is 0 Å². The van der Waals surface area contributed by atoms with Crippen LogP contribution < -0.4 is 10.6 Å². The molecular weight excluding hydrogens is 501 g/mol. The molecule has 168 valence electrons. The van der Waals surface area contributed by atoms with Crippen LogP contribution in [0.5, 0.6) is 0 Å². The molecule has 6 nitrogen and oxygen atoms in total. The van der Waals surface area contributed by atoms with Crippen LogP contribution in [0.3, 0.4) is 0 Å². The summed E-state index contributed by atoms with van der Waals surface area (Å²) in [6.07, 6.45) is 0. The summed E-state index contributed by atoms with van der Waals surface area (Å²) in [5.74, 6) is 0.907. The van der Waals surface area contributed by atoms with Crippen molar-refractivity contribution in [3.8, 4) is 0 Å². The van der Waals surface area contributed by atoms with Gasteiger partial charge >= 0.3 is 0 Å².